The van der Waals surface area contributed by atoms with Crippen molar-refractivity contribution in [3.05, 3.63) is 30.0 Å². The normalized spacial score (nSPS) is 20.8. The number of benzene rings is 1. The van der Waals surface area contributed by atoms with Crippen LogP contribution < -0.4 is 0 Å². The molecule has 3 rings (SSSR count). The van der Waals surface area contributed by atoms with Gasteiger partial charge in [-0.15, -0.1) is 0 Å². The van der Waals surface area contributed by atoms with Gasteiger partial charge in [0, 0.05) is 18.8 Å². The Kier molecular flexibility index (Phi) is 2.96. The summed E-state index contributed by atoms with van der Waals surface area (Å²) in [4.78, 5) is 0. The van der Waals surface area contributed by atoms with Crippen LogP contribution in [0.5, 0.6) is 0 Å². The number of aryl methyl sites for hydroxylation is 1. The summed E-state index contributed by atoms with van der Waals surface area (Å²) < 4.78 is 14.0. The van der Waals surface area contributed by atoms with Gasteiger partial charge in [0.05, 0.1) is 22.9 Å². The van der Waals surface area contributed by atoms with Gasteiger partial charge in [-0.25, -0.2) is 0 Å². The van der Waals surface area contributed by atoms with Crippen LogP contribution >= 0.6 is 0 Å². The minimum Gasteiger partial charge on any atom is -0.403 e. The lowest BCUT2D eigenvalue weighted by Gasteiger charge is -2.32. The van der Waals surface area contributed by atoms with Gasteiger partial charge in [0.15, 0.2) is 0 Å². The number of rotatable bonds is 2. The second kappa shape index (κ2) is 4.33. The molecule has 0 aliphatic carbocycles. The van der Waals surface area contributed by atoms with Crippen molar-refractivity contribution in [3.63, 3.8) is 0 Å². The van der Waals surface area contributed by atoms with E-state index in [1.165, 1.54) is 10.9 Å². The molecule has 2 aromatic rings. The van der Waals surface area contributed by atoms with Gasteiger partial charge in [0.1, 0.15) is 0 Å². The molecule has 0 atom stereocenters. The monoisotopic (exact) mass is 272 g/mol. The zero-order valence-electron chi connectivity index (χ0n) is 12.8. The first-order valence-corrected chi connectivity index (χ1v) is 7.05. The van der Waals surface area contributed by atoms with E-state index >= 15 is 0 Å². The first-order chi connectivity index (χ1) is 9.30. The third kappa shape index (κ3) is 2.05. The Hall–Kier alpha value is -1.33. The highest BCUT2D eigenvalue weighted by atomic mass is 16.7. The number of fused-ring (bicyclic) bond motifs is 1. The van der Waals surface area contributed by atoms with Crippen molar-refractivity contribution in [2.24, 2.45) is 7.05 Å². The van der Waals surface area contributed by atoms with Gasteiger partial charge in [-0.05, 0) is 39.3 Å². The van der Waals surface area contributed by atoms with Crippen LogP contribution in [0.1, 0.15) is 33.3 Å². The zero-order chi connectivity index (χ0) is 14.5. The molecule has 0 N–H and O–H groups in total. The zero-order valence-corrected chi connectivity index (χ0v) is 12.8. The molecule has 106 valence electrons. The molecule has 0 spiro atoms. The second-order valence-electron chi connectivity index (χ2n) is 6.51. The molecule has 0 radical (unpaired) electrons. The number of aromatic nitrogens is 2. The van der Waals surface area contributed by atoms with Crippen LogP contribution in [0.4, 0.5) is 0 Å². The molecule has 1 aromatic heterocycles. The van der Waals surface area contributed by atoms with Gasteiger partial charge in [0.2, 0.25) is 0 Å². The number of hydrogen-bond acceptors (Lipinski definition) is 3. The Morgan fingerprint density at radius 2 is 1.80 bits per heavy atom. The fourth-order valence-corrected chi connectivity index (χ4v) is 2.64. The van der Waals surface area contributed by atoms with Gasteiger partial charge in [-0.1, -0.05) is 12.1 Å². The molecule has 2 heterocycles. The minimum absolute atomic E-state index is 0.203. The van der Waals surface area contributed by atoms with Crippen molar-refractivity contribution in [1.29, 1.82) is 0 Å². The van der Waals surface area contributed by atoms with E-state index in [0.29, 0.717) is 0 Å². The van der Waals surface area contributed by atoms with E-state index in [2.05, 4.69) is 51.0 Å². The van der Waals surface area contributed by atoms with Crippen LogP contribution in [0.3, 0.4) is 0 Å². The van der Waals surface area contributed by atoms with Crippen molar-refractivity contribution in [3.8, 4) is 0 Å². The van der Waals surface area contributed by atoms with Gasteiger partial charge in [-0.3, -0.25) is 4.68 Å². The Balaban J connectivity index is 1.88. The predicted molar refractivity (Wildman–Crippen MR) is 80.5 cm³/mol. The molecule has 1 fully saturated rings. The molecule has 0 saturated carbocycles. The quantitative estimate of drug-likeness (QED) is 0.789. The molecule has 0 amide bonds. The average Bonchev–Trinajstić information content (AvgIpc) is 2.79. The second-order valence-corrected chi connectivity index (χ2v) is 6.51. The summed E-state index contributed by atoms with van der Waals surface area (Å²) in [5.74, 6) is 0. The lowest BCUT2D eigenvalue weighted by atomic mass is 9.80. The highest BCUT2D eigenvalue weighted by molar-refractivity contribution is 6.45. The lowest BCUT2D eigenvalue weighted by Crippen LogP contribution is -2.41. The van der Waals surface area contributed by atoms with Crippen molar-refractivity contribution >= 4 is 18.0 Å². The molecule has 1 aliphatic rings. The highest BCUT2D eigenvalue weighted by Gasteiger charge is 2.50. The number of nitrogens with zero attached hydrogens (tertiary/aromatic N) is 2. The average molecular weight is 272 g/mol. The van der Waals surface area contributed by atoms with Gasteiger partial charge >= 0.3 is 7.12 Å². The van der Waals surface area contributed by atoms with Crippen LogP contribution in [-0.4, -0.2) is 28.1 Å². The largest absolute Gasteiger partial charge is 0.462 e. The Morgan fingerprint density at radius 1 is 1.15 bits per heavy atom. The van der Waals surface area contributed by atoms with E-state index in [0.717, 1.165) is 11.8 Å². The Morgan fingerprint density at radius 3 is 2.45 bits per heavy atom. The maximum atomic E-state index is 6.07. The topological polar surface area (TPSA) is 36.3 Å². The molecule has 20 heavy (non-hydrogen) atoms. The SMILES string of the molecule is Cn1ncc2c(CB3OC(C)(C)C(C)(C)O3)cccc21. The Bertz CT molecular complexity index is 632. The maximum absolute atomic E-state index is 6.07. The molecule has 0 bridgehead atoms. The van der Waals surface area contributed by atoms with Gasteiger partial charge < -0.3 is 9.31 Å². The van der Waals surface area contributed by atoms with E-state index in [9.17, 15) is 0 Å². The molecule has 1 aromatic carbocycles. The summed E-state index contributed by atoms with van der Waals surface area (Å²) in [5, 5.41) is 5.49. The highest BCUT2D eigenvalue weighted by Crippen LogP contribution is 2.37. The van der Waals surface area contributed by atoms with Gasteiger partial charge in [-0.2, -0.15) is 5.10 Å². The fraction of sp³-hybridized carbons (Fsp3) is 0.533. The fourth-order valence-electron chi connectivity index (χ4n) is 2.64. The summed E-state index contributed by atoms with van der Waals surface area (Å²) in [5.41, 5.74) is 1.80. The van der Waals surface area contributed by atoms with Crippen molar-refractivity contribution in [2.75, 3.05) is 0 Å². The molecule has 0 unspecified atom stereocenters. The van der Waals surface area contributed by atoms with E-state index < -0.39 is 0 Å². The summed E-state index contributed by atoms with van der Waals surface area (Å²) in [6, 6.07) is 6.26. The molecule has 4 nitrogen and oxygen atoms in total. The first-order valence-electron chi connectivity index (χ1n) is 7.05. The maximum Gasteiger partial charge on any atom is 0.462 e. The van der Waals surface area contributed by atoms with Crippen LogP contribution in [0, 0.1) is 0 Å². The summed E-state index contributed by atoms with van der Waals surface area (Å²) in [6.45, 7) is 8.32. The van der Waals surface area contributed by atoms with Crippen LogP contribution in [-0.2, 0) is 22.7 Å². The van der Waals surface area contributed by atoms with Crippen LogP contribution in [0.25, 0.3) is 10.9 Å². The van der Waals surface area contributed by atoms with Crippen molar-refractivity contribution < 1.29 is 9.31 Å². The van der Waals surface area contributed by atoms with Crippen LogP contribution in [0.2, 0.25) is 0 Å². The number of hydrogen-bond donors (Lipinski definition) is 0. The van der Waals surface area contributed by atoms with E-state index in [-0.39, 0.29) is 18.3 Å². The van der Waals surface area contributed by atoms with Gasteiger partial charge in [0.25, 0.3) is 0 Å². The summed E-state index contributed by atoms with van der Waals surface area (Å²) >= 11 is 0. The van der Waals surface area contributed by atoms with E-state index in [4.69, 9.17) is 9.31 Å². The van der Waals surface area contributed by atoms with Crippen molar-refractivity contribution in [1.82, 2.24) is 9.78 Å². The van der Waals surface area contributed by atoms with Crippen molar-refractivity contribution in [2.45, 2.75) is 45.2 Å². The van der Waals surface area contributed by atoms with Crippen LogP contribution in [0.15, 0.2) is 24.4 Å². The standard InChI is InChI=1S/C15H21BN2O2/c1-14(2)15(3,4)20-16(19-14)9-11-7-6-8-13-12(11)10-17-18(13)5/h6-8,10H,9H2,1-5H3. The van der Waals surface area contributed by atoms with E-state index in [1.807, 2.05) is 17.9 Å². The molecule has 1 aliphatic heterocycles. The lowest BCUT2D eigenvalue weighted by molar-refractivity contribution is 0.00578. The third-order valence-corrected chi connectivity index (χ3v) is 4.57. The minimum atomic E-state index is -0.277. The smallest absolute Gasteiger partial charge is 0.403 e. The van der Waals surface area contributed by atoms with E-state index in [1.54, 1.807) is 0 Å². The molecular weight excluding hydrogens is 251 g/mol. The third-order valence-electron chi connectivity index (χ3n) is 4.57. The predicted octanol–water partition coefficient (Wildman–Crippen LogP) is 2.75. The molecule has 1 saturated heterocycles. The summed E-state index contributed by atoms with van der Waals surface area (Å²) in [7, 11) is 1.76. The molecular formula is C15H21BN2O2. The Labute approximate surface area is 120 Å². The molecule has 5 heteroatoms. The summed E-state index contributed by atoms with van der Waals surface area (Å²) in [6.07, 6.45) is 2.66. The first kappa shape index (κ1) is 13.6.